The Balaban J connectivity index is 1.36. The lowest BCUT2D eigenvalue weighted by Gasteiger charge is -2.17. The van der Waals surface area contributed by atoms with E-state index < -0.39 is 0 Å². The highest BCUT2D eigenvalue weighted by molar-refractivity contribution is 6.21. The highest BCUT2D eigenvalue weighted by Crippen LogP contribution is 2.43. The molecule has 6 aromatic carbocycles. The van der Waals surface area contributed by atoms with Crippen molar-refractivity contribution in [1.29, 1.82) is 0 Å². The van der Waals surface area contributed by atoms with Gasteiger partial charge in [0.25, 0.3) is 0 Å². The predicted molar refractivity (Wildman–Crippen MR) is 183 cm³/mol. The molecule has 0 amide bonds. The molecule has 0 spiro atoms. The number of aryl methyl sites for hydroxylation is 2. The maximum absolute atomic E-state index is 6.54. The van der Waals surface area contributed by atoms with Crippen LogP contribution in [-0.4, -0.2) is 4.98 Å². The standard InChI is InChI=1S/C41H37NO/c1-3-5-14-30-24-25-31(15-6-4-2)40-39(30)42-41(43-40)32-26-22-29(23-27-32)38-35-20-12-10-18-33(35)37(28-16-8-7-9-17-28)34-19-11-13-21-36(34)38/h7-13,16-27H,3-6,14-15H2,1-2H3. The monoisotopic (exact) mass is 559 g/mol. The van der Waals surface area contributed by atoms with Gasteiger partial charge < -0.3 is 4.42 Å². The van der Waals surface area contributed by atoms with Crippen LogP contribution in [0.15, 0.2) is 120 Å². The number of unbranched alkanes of at least 4 members (excludes halogenated alkanes) is 2. The molecule has 0 atom stereocenters. The fraction of sp³-hybridized carbons (Fsp3) is 0.195. The quantitative estimate of drug-likeness (QED) is 0.164. The minimum Gasteiger partial charge on any atom is -0.436 e. The summed E-state index contributed by atoms with van der Waals surface area (Å²) >= 11 is 0. The van der Waals surface area contributed by atoms with Crippen molar-refractivity contribution in [1.82, 2.24) is 4.98 Å². The molecule has 43 heavy (non-hydrogen) atoms. The summed E-state index contributed by atoms with van der Waals surface area (Å²) in [4.78, 5) is 5.09. The van der Waals surface area contributed by atoms with E-state index in [1.807, 2.05) is 0 Å². The molecule has 1 aromatic heterocycles. The van der Waals surface area contributed by atoms with Crippen LogP contribution in [0.2, 0.25) is 0 Å². The number of benzene rings is 6. The molecule has 7 rings (SSSR count). The summed E-state index contributed by atoms with van der Waals surface area (Å²) in [5.74, 6) is 0.706. The minimum atomic E-state index is 0.706. The Morgan fingerprint density at radius 2 is 0.953 bits per heavy atom. The topological polar surface area (TPSA) is 26.0 Å². The molecule has 2 heteroatoms. The molecule has 0 fully saturated rings. The number of fused-ring (bicyclic) bond motifs is 3. The molecule has 0 saturated heterocycles. The van der Waals surface area contributed by atoms with E-state index in [1.54, 1.807) is 0 Å². The van der Waals surface area contributed by atoms with Crippen LogP contribution in [0.5, 0.6) is 0 Å². The summed E-state index contributed by atoms with van der Waals surface area (Å²) in [5, 5.41) is 5.06. The smallest absolute Gasteiger partial charge is 0.227 e. The van der Waals surface area contributed by atoms with Crippen LogP contribution in [0, 0.1) is 0 Å². The first-order chi connectivity index (χ1) is 21.3. The summed E-state index contributed by atoms with van der Waals surface area (Å²) in [5.41, 5.74) is 10.6. The Morgan fingerprint density at radius 3 is 1.51 bits per heavy atom. The van der Waals surface area contributed by atoms with Crippen molar-refractivity contribution in [2.24, 2.45) is 0 Å². The van der Waals surface area contributed by atoms with E-state index in [0.717, 1.165) is 48.8 Å². The van der Waals surface area contributed by atoms with Gasteiger partial charge in [-0.05, 0) is 92.7 Å². The van der Waals surface area contributed by atoms with Crippen LogP contribution in [0.1, 0.15) is 50.7 Å². The highest BCUT2D eigenvalue weighted by Gasteiger charge is 2.18. The van der Waals surface area contributed by atoms with Crippen molar-refractivity contribution >= 4 is 32.6 Å². The fourth-order valence-corrected chi connectivity index (χ4v) is 6.50. The maximum Gasteiger partial charge on any atom is 0.227 e. The van der Waals surface area contributed by atoms with Gasteiger partial charge in [-0.25, -0.2) is 4.98 Å². The third kappa shape index (κ3) is 5.02. The van der Waals surface area contributed by atoms with Gasteiger partial charge in [0.05, 0.1) is 0 Å². The summed E-state index contributed by atoms with van der Waals surface area (Å²) in [6.45, 7) is 4.48. The van der Waals surface area contributed by atoms with E-state index >= 15 is 0 Å². The van der Waals surface area contributed by atoms with Crippen LogP contribution in [0.3, 0.4) is 0 Å². The maximum atomic E-state index is 6.54. The number of aromatic nitrogens is 1. The molecule has 7 aromatic rings. The zero-order chi connectivity index (χ0) is 29.2. The van der Waals surface area contributed by atoms with Crippen LogP contribution in [-0.2, 0) is 12.8 Å². The number of oxazole rings is 1. The van der Waals surface area contributed by atoms with Crippen molar-refractivity contribution in [2.75, 3.05) is 0 Å². The van der Waals surface area contributed by atoms with E-state index in [-0.39, 0.29) is 0 Å². The molecule has 2 nitrogen and oxygen atoms in total. The Morgan fingerprint density at radius 1 is 0.488 bits per heavy atom. The van der Waals surface area contributed by atoms with Crippen LogP contribution < -0.4 is 0 Å². The summed E-state index contributed by atoms with van der Waals surface area (Å²) in [7, 11) is 0. The molecule has 0 bridgehead atoms. The van der Waals surface area contributed by atoms with Gasteiger partial charge in [0, 0.05) is 5.56 Å². The third-order valence-electron chi connectivity index (χ3n) is 8.72. The van der Waals surface area contributed by atoms with E-state index in [9.17, 15) is 0 Å². The van der Waals surface area contributed by atoms with Crippen LogP contribution in [0.4, 0.5) is 0 Å². The fourth-order valence-electron chi connectivity index (χ4n) is 6.50. The number of nitrogens with zero attached hydrogens (tertiary/aromatic N) is 1. The van der Waals surface area contributed by atoms with Crippen molar-refractivity contribution in [3.05, 3.63) is 126 Å². The SMILES string of the molecule is CCCCc1ccc(CCCC)c2oc(-c3ccc(-c4c5ccccc5c(-c5ccccc5)c5ccccc45)cc3)nc12. The second-order valence-corrected chi connectivity index (χ2v) is 11.6. The van der Waals surface area contributed by atoms with Crippen molar-refractivity contribution < 1.29 is 4.42 Å². The number of hydrogen-bond donors (Lipinski definition) is 0. The Bertz CT molecular complexity index is 1930. The molecule has 0 aliphatic heterocycles. The molecule has 212 valence electrons. The van der Waals surface area contributed by atoms with Crippen molar-refractivity contribution in [3.63, 3.8) is 0 Å². The van der Waals surface area contributed by atoms with Gasteiger partial charge in [0.15, 0.2) is 5.58 Å². The van der Waals surface area contributed by atoms with Crippen LogP contribution >= 0.6 is 0 Å². The molecular weight excluding hydrogens is 522 g/mol. The summed E-state index contributed by atoms with van der Waals surface area (Å²) < 4.78 is 6.54. The average molecular weight is 560 g/mol. The van der Waals surface area contributed by atoms with Gasteiger partial charge in [0.2, 0.25) is 5.89 Å². The first-order valence-corrected chi connectivity index (χ1v) is 15.8. The van der Waals surface area contributed by atoms with Gasteiger partial charge in [-0.15, -0.1) is 0 Å². The van der Waals surface area contributed by atoms with E-state index in [0.29, 0.717) is 5.89 Å². The first-order valence-electron chi connectivity index (χ1n) is 15.8. The number of rotatable bonds is 9. The van der Waals surface area contributed by atoms with Gasteiger partial charge in [-0.2, -0.15) is 0 Å². The van der Waals surface area contributed by atoms with Gasteiger partial charge >= 0.3 is 0 Å². The largest absolute Gasteiger partial charge is 0.436 e. The molecule has 0 N–H and O–H groups in total. The van der Waals surface area contributed by atoms with Crippen molar-refractivity contribution in [2.45, 2.75) is 52.4 Å². The third-order valence-corrected chi connectivity index (χ3v) is 8.72. The van der Waals surface area contributed by atoms with Gasteiger partial charge in [-0.1, -0.05) is 130 Å². The summed E-state index contributed by atoms with van der Waals surface area (Å²) in [6, 6.07) is 41.7. The predicted octanol–water partition coefficient (Wildman–Crippen LogP) is 11.8. The lowest BCUT2D eigenvalue weighted by atomic mass is 9.86. The lowest BCUT2D eigenvalue weighted by molar-refractivity contribution is 0.613. The molecule has 0 radical (unpaired) electrons. The molecule has 0 unspecified atom stereocenters. The molecule has 0 saturated carbocycles. The highest BCUT2D eigenvalue weighted by atomic mass is 16.3. The summed E-state index contributed by atoms with van der Waals surface area (Å²) in [6.07, 6.45) is 6.70. The Labute approximate surface area is 254 Å². The Hall–Kier alpha value is -4.69. The molecule has 0 aliphatic rings. The Kier molecular flexibility index (Phi) is 7.51. The van der Waals surface area contributed by atoms with E-state index in [2.05, 4.69) is 129 Å². The zero-order valence-corrected chi connectivity index (χ0v) is 25.1. The lowest BCUT2D eigenvalue weighted by Crippen LogP contribution is -1.91. The second-order valence-electron chi connectivity index (χ2n) is 11.6. The zero-order valence-electron chi connectivity index (χ0n) is 25.1. The van der Waals surface area contributed by atoms with Gasteiger partial charge in [0.1, 0.15) is 5.52 Å². The van der Waals surface area contributed by atoms with Crippen molar-refractivity contribution in [3.8, 4) is 33.7 Å². The molecule has 1 heterocycles. The van der Waals surface area contributed by atoms with E-state index in [1.165, 1.54) is 61.3 Å². The molecular formula is C41H37NO. The van der Waals surface area contributed by atoms with Gasteiger partial charge in [-0.3, -0.25) is 0 Å². The van der Waals surface area contributed by atoms with E-state index in [4.69, 9.17) is 9.40 Å². The van der Waals surface area contributed by atoms with Crippen LogP contribution in [0.25, 0.3) is 66.4 Å². The second kappa shape index (κ2) is 11.9. The number of hydrogen-bond acceptors (Lipinski definition) is 2. The first kappa shape index (κ1) is 27.2. The minimum absolute atomic E-state index is 0.706. The normalized spacial score (nSPS) is 11.6. The molecule has 0 aliphatic carbocycles. The average Bonchev–Trinajstić information content (AvgIpc) is 3.52.